The van der Waals surface area contributed by atoms with Crippen molar-refractivity contribution in [1.29, 1.82) is 5.41 Å². The van der Waals surface area contributed by atoms with Crippen molar-refractivity contribution in [3.05, 3.63) is 41.9 Å². The first-order valence-corrected chi connectivity index (χ1v) is 8.44. The molecule has 140 valence electrons. The maximum Gasteiger partial charge on any atom is 0.245 e. The Kier molecular flexibility index (Phi) is 5.04. The lowest BCUT2D eigenvalue weighted by atomic mass is 10.1. The minimum Gasteiger partial charge on any atom is -0.438 e. The van der Waals surface area contributed by atoms with Crippen LogP contribution in [0.15, 0.2) is 29.3 Å². The molecule has 3 heterocycles. The maximum absolute atomic E-state index is 7.83. The van der Waals surface area contributed by atoms with Gasteiger partial charge in [-0.15, -0.1) is 0 Å². The van der Waals surface area contributed by atoms with E-state index in [2.05, 4.69) is 27.0 Å². The standard InChI is InChI=1S/C18H22N8O/c1-4-26-14(5-6-23-26)18-25-17(15(9-20)27-18)16-11(8-19)13(22-3)7-12(24-16)10(2)21/h5-8,19H,2,4,9,20-21H2,1,3H3,(H,22,24). The molecular weight excluding hydrogens is 344 g/mol. The number of nitrogens with one attached hydrogen (secondary N) is 2. The van der Waals surface area contributed by atoms with Crippen LogP contribution in [0.5, 0.6) is 0 Å². The fraction of sp³-hybridized carbons (Fsp3) is 0.222. The normalized spacial score (nSPS) is 10.8. The minimum atomic E-state index is 0.129. The second-order valence-electron chi connectivity index (χ2n) is 5.76. The van der Waals surface area contributed by atoms with Gasteiger partial charge in [0.2, 0.25) is 5.89 Å². The summed E-state index contributed by atoms with van der Waals surface area (Å²) in [4.78, 5) is 9.17. The van der Waals surface area contributed by atoms with Gasteiger partial charge in [0.25, 0.3) is 0 Å². The lowest BCUT2D eigenvalue weighted by molar-refractivity contribution is 0.512. The molecule has 0 aliphatic heterocycles. The Morgan fingerprint density at radius 3 is 2.78 bits per heavy atom. The molecule has 0 spiro atoms. The van der Waals surface area contributed by atoms with Crippen molar-refractivity contribution in [2.75, 3.05) is 12.4 Å². The van der Waals surface area contributed by atoms with Gasteiger partial charge < -0.3 is 26.6 Å². The monoisotopic (exact) mass is 366 g/mol. The van der Waals surface area contributed by atoms with Gasteiger partial charge >= 0.3 is 0 Å². The van der Waals surface area contributed by atoms with Gasteiger partial charge in [-0.25, -0.2) is 9.97 Å². The highest BCUT2D eigenvalue weighted by Gasteiger charge is 2.22. The maximum atomic E-state index is 7.83. The van der Waals surface area contributed by atoms with Crippen LogP contribution in [0.1, 0.15) is 23.9 Å². The van der Waals surface area contributed by atoms with Gasteiger partial charge in [-0.2, -0.15) is 5.10 Å². The summed E-state index contributed by atoms with van der Waals surface area (Å²) in [7, 11) is 1.76. The Morgan fingerprint density at radius 1 is 1.41 bits per heavy atom. The molecule has 9 heteroatoms. The van der Waals surface area contributed by atoms with Crippen LogP contribution in [0, 0.1) is 5.41 Å². The van der Waals surface area contributed by atoms with Crippen molar-refractivity contribution < 1.29 is 4.42 Å². The van der Waals surface area contributed by atoms with Crippen LogP contribution in [0.3, 0.4) is 0 Å². The third-order valence-electron chi connectivity index (χ3n) is 4.14. The Labute approximate surface area is 156 Å². The Balaban J connectivity index is 2.26. The number of nitrogens with zero attached hydrogens (tertiary/aromatic N) is 4. The zero-order chi connectivity index (χ0) is 19.6. The molecule has 0 fully saturated rings. The quantitative estimate of drug-likeness (QED) is 0.468. The van der Waals surface area contributed by atoms with E-state index in [0.29, 0.717) is 52.2 Å². The van der Waals surface area contributed by atoms with E-state index in [9.17, 15) is 0 Å². The summed E-state index contributed by atoms with van der Waals surface area (Å²) in [6.45, 7) is 6.54. The van der Waals surface area contributed by atoms with Crippen LogP contribution in [-0.2, 0) is 13.1 Å². The average Bonchev–Trinajstić information content (AvgIpc) is 3.32. The molecule has 6 N–H and O–H groups in total. The van der Waals surface area contributed by atoms with E-state index in [1.165, 1.54) is 6.21 Å². The predicted octanol–water partition coefficient (Wildman–Crippen LogP) is 2.05. The second-order valence-corrected chi connectivity index (χ2v) is 5.76. The van der Waals surface area contributed by atoms with E-state index in [1.54, 1.807) is 24.0 Å². The first-order valence-electron chi connectivity index (χ1n) is 8.44. The molecule has 3 aromatic heterocycles. The highest BCUT2D eigenvalue weighted by molar-refractivity contribution is 5.94. The van der Waals surface area contributed by atoms with E-state index >= 15 is 0 Å². The number of oxazole rings is 1. The molecule has 3 aromatic rings. The van der Waals surface area contributed by atoms with Crippen LogP contribution in [-0.4, -0.2) is 33.0 Å². The summed E-state index contributed by atoms with van der Waals surface area (Å²) in [6.07, 6.45) is 2.90. The highest BCUT2D eigenvalue weighted by Crippen LogP contribution is 2.33. The van der Waals surface area contributed by atoms with E-state index in [1.807, 2.05) is 13.0 Å². The Bertz CT molecular complexity index is 1000. The number of aryl methyl sites for hydroxylation is 1. The van der Waals surface area contributed by atoms with Gasteiger partial charge in [0.1, 0.15) is 22.8 Å². The third kappa shape index (κ3) is 3.20. The van der Waals surface area contributed by atoms with Gasteiger partial charge in [-0.3, -0.25) is 4.68 Å². The lowest BCUT2D eigenvalue weighted by Crippen LogP contribution is -2.07. The van der Waals surface area contributed by atoms with Crippen LogP contribution in [0.25, 0.3) is 28.7 Å². The first kappa shape index (κ1) is 18.3. The lowest BCUT2D eigenvalue weighted by Gasteiger charge is -2.12. The Morgan fingerprint density at radius 2 is 2.19 bits per heavy atom. The van der Waals surface area contributed by atoms with Crippen molar-refractivity contribution in [2.45, 2.75) is 20.0 Å². The number of nitrogens with two attached hydrogens (primary N) is 2. The summed E-state index contributed by atoms with van der Waals surface area (Å²) in [6, 6.07) is 3.56. The molecule has 0 unspecified atom stereocenters. The van der Waals surface area contributed by atoms with E-state index < -0.39 is 0 Å². The molecule has 0 amide bonds. The third-order valence-corrected chi connectivity index (χ3v) is 4.14. The zero-order valence-electron chi connectivity index (χ0n) is 15.3. The van der Waals surface area contributed by atoms with E-state index in [0.717, 1.165) is 5.69 Å². The number of hydrogen-bond acceptors (Lipinski definition) is 8. The predicted molar refractivity (Wildman–Crippen MR) is 105 cm³/mol. The number of rotatable bonds is 7. The summed E-state index contributed by atoms with van der Waals surface area (Å²) in [5, 5.41) is 15.1. The minimum absolute atomic E-state index is 0.129. The smallest absolute Gasteiger partial charge is 0.245 e. The van der Waals surface area contributed by atoms with Gasteiger partial charge in [-0.05, 0) is 19.1 Å². The van der Waals surface area contributed by atoms with E-state index in [-0.39, 0.29) is 6.54 Å². The fourth-order valence-corrected chi connectivity index (χ4v) is 2.80. The summed E-state index contributed by atoms with van der Waals surface area (Å²) < 4.78 is 7.67. The van der Waals surface area contributed by atoms with Crippen molar-refractivity contribution in [3.63, 3.8) is 0 Å². The number of pyridine rings is 1. The van der Waals surface area contributed by atoms with Crippen LogP contribution < -0.4 is 16.8 Å². The fourth-order valence-electron chi connectivity index (χ4n) is 2.80. The van der Waals surface area contributed by atoms with Crippen molar-refractivity contribution in [3.8, 4) is 23.0 Å². The van der Waals surface area contributed by atoms with Crippen molar-refractivity contribution in [1.82, 2.24) is 19.7 Å². The SMILES string of the molecule is C=C(N)c1cc(NC)c(C=N)c(-c2nc(-c3ccnn3CC)oc2CN)n1. The molecule has 0 saturated heterocycles. The average molecular weight is 366 g/mol. The van der Waals surface area contributed by atoms with Gasteiger partial charge in [0.15, 0.2) is 0 Å². The second kappa shape index (κ2) is 7.42. The van der Waals surface area contributed by atoms with Crippen LogP contribution in [0.2, 0.25) is 0 Å². The molecule has 9 nitrogen and oxygen atoms in total. The number of aromatic nitrogens is 4. The molecule has 27 heavy (non-hydrogen) atoms. The zero-order valence-corrected chi connectivity index (χ0v) is 15.3. The summed E-state index contributed by atoms with van der Waals surface area (Å²) in [5.41, 5.74) is 15.4. The number of anilines is 1. The van der Waals surface area contributed by atoms with Gasteiger partial charge in [0, 0.05) is 37.3 Å². The molecule has 0 aromatic carbocycles. The molecule has 0 bridgehead atoms. The number of hydrogen-bond donors (Lipinski definition) is 4. The van der Waals surface area contributed by atoms with E-state index in [4.69, 9.17) is 21.3 Å². The van der Waals surface area contributed by atoms with Gasteiger partial charge in [0.05, 0.1) is 17.9 Å². The molecular formula is C18H22N8O. The molecule has 0 saturated carbocycles. The summed E-state index contributed by atoms with van der Waals surface area (Å²) in [5.74, 6) is 0.858. The molecule has 0 atom stereocenters. The molecule has 0 aliphatic carbocycles. The molecule has 3 rings (SSSR count). The first-order chi connectivity index (χ1) is 13.0. The Hall–Kier alpha value is -3.46. The van der Waals surface area contributed by atoms with Gasteiger partial charge in [-0.1, -0.05) is 6.58 Å². The summed E-state index contributed by atoms with van der Waals surface area (Å²) >= 11 is 0. The highest BCUT2D eigenvalue weighted by atomic mass is 16.4. The molecule has 0 aliphatic rings. The topological polar surface area (TPSA) is 145 Å². The largest absolute Gasteiger partial charge is 0.438 e. The van der Waals surface area contributed by atoms with Crippen molar-refractivity contribution >= 4 is 17.6 Å². The van der Waals surface area contributed by atoms with Crippen molar-refractivity contribution in [2.24, 2.45) is 11.5 Å². The van der Waals surface area contributed by atoms with Crippen LogP contribution in [0.4, 0.5) is 5.69 Å². The van der Waals surface area contributed by atoms with Crippen LogP contribution >= 0.6 is 0 Å². The molecule has 0 radical (unpaired) electrons.